The lowest BCUT2D eigenvalue weighted by Crippen LogP contribution is -2.30. The van der Waals surface area contributed by atoms with Gasteiger partial charge in [-0.3, -0.25) is 4.79 Å². The topological polar surface area (TPSA) is 115 Å². The van der Waals surface area contributed by atoms with Crippen molar-refractivity contribution in [3.63, 3.8) is 0 Å². The van der Waals surface area contributed by atoms with E-state index in [0.29, 0.717) is 11.4 Å². The number of furan rings is 1. The molecule has 8 nitrogen and oxygen atoms in total. The molecule has 2 N–H and O–H groups in total. The normalized spacial score (nSPS) is 14.4. The van der Waals surface area contributed by atoms with E-state index in [1.807, 2.05) is 12.1 Å². The molecule has 0 unspecified atom stereocenters. The minimum atomic E-state index is -3.16. The van der Waals surface area contributed by atoms with Gasteiger partial charge in [0, 0.05) is 25.0 Å². The Bertz CT molecular complexity index is 1000. The number of hydrogen-bond donors (Lipinski definition) is 2. The van der Waals surface area contributed by atoms with E-state index in [9.17, 15) is 13.2 Å². The summed E-state index contributed by atoms with van der Waals surface area (Å²) in [6, 6.07) is 10.0. The molecule has 1 saturated heterocycles. The average Bonchev–Trinajstić information content (AvgIpc) is 3.17. The Morgan fingerprint density at radius 3 is 2.61 bits per heavy atom. The number of hydrogen-bond acceptors (Lipinski definition) is 7. The first-order valence-electron chi connectivity index (χ1n) is 8.97. The molecule has 2 aromatic rings. The highest BCUT2D eigenvalue weighted by Crippen LogP contribution is 2.32. The largest absolute Gasteiger partial charge is 0.440 e. The standard InChI is InChI=1S/C19H22N4O4S/c1-28(25,26)13-21-14-5-7-16(17(11-14)23-9-3-2-4-10-23)22-19(24)18-8-6-15(12-20)27-18/h5-8,11,21H,2-4,9-10,13H2,1H3,(H,22,24). The summed E-state index contributed by atoms with van der Waals surface area (Å²) < 4.78 is 28.0. The monoisotopic (exact) mass is 402 g/mol. The predicted molar refractivity (Wildman–Crippen MR) is 107 cm³/mol. The van der Waals surface area contributed by atoms with Crippen molar-refractivity contribution in [3.8, 4) is 6.07 Å². The smallest absolute Gasteiger partial charge is 0.291 e. The number of carbonyl (C=O) groups is 1. The first-order valence-corrected chi connectivity index (χ1v) is 11.0. The first-order chi connectivity index (χ1) is 13.4. The number of benzene rings is 1. The molecule has 0 bridgehead atoms. The predicted octanol–water partition coefficient (Wildman–Crippen LogP) is 2.81. The first kappa shape index (κ1) is 19.8. The Balaban J connectivity index is 1.85. The van der Waals surface area contributed by atoms with Gasteiger partial charge in [-0.2, -0.15) is 5.26 Å². The Morgan fingerprint density at radius 1 is 1.21 bits per heavy atom. The molecule has 1 amide bonds. The molecule has 1 aromatic heterocycles. The van der Waals surface area contributed by atoms with Crippen molar-refractivity contribution in [3.05, 3.63) is 41.9 Å². The molecule has 0 atom stereocenters. The number of amides is 1. The maximum absolute atomic E-state index is 12.5. The van der Waals surface area contributed by atoms with E-state index in [1.54, 1.807) is 12.1 Å². The minimum absolute atomic E-state index is 0.0559. The third-order valence-corrected chi connectivity index (χ3v) is 5.09. The molecule has 0 saturated carbocycles. The lowest BCUT2D eigenvalue weighted by molar-refractivity contribution is 0.0996. The molecule has 0 aliphatic carbocycles. The number of nitrogens with zero attached hydrogens (tertiary/aromatic N) is 2. The highest BCUT2D eigenvalue weighted by Gasteiger charge is 2.19. The van der Waals surface area contributed by atoms with E-state index in [2.05, 4.69) is 15.5 Å². The molecule has 28 heavy (non-hydrogen) atoms. The summed E-state index contributed by atoms with van der Waals surface area (Å²) in [5.41, 5.74) is 2.08. The summed E-state index contributed by atoms with van der Waals surface area (Å²) in [5, 5.41) is 14.6. The molecule has 0 spiro atoms. The fourth-order valence-electron chi connectivity index (χ4n) is 3.06. The average molecular weight is 402 g/mol. The quantitative estimate of drug-likeness (QED) is 0.763. The van der Waals surface area contributed by atoms with Gasteiger partial charge in [-0.25, -0.2) is 8.42 Å². The summed E-state index contributed by atoms with van der Waals surface area (Å²) >= 11 is 0. The molecule has 1 aliphatic heterocycles. The van der Waals surface area contributed by atoms with Gasteiger partial charge in [-0.05, 0) is 49.6 Å². The van der Waals surface area contributed by atoms with E-state index < -0.39 is 15.7 Å². The third kappa shape index (κ3) is 5.04. The Morgan fingerprint density at radius 2 is 1.96 bits per heavy atom. The lowest BCUT2D eigenvalue weighted by Gasteiger charge is -2.31. The molecule has 9 heteroatoms. The van der Waals surface area contributed by atoms with Crippen LogP contribution in [0.2, 0.25) is 0 Å². The maximum Gasteiger partial charge on any atom is 0.291 e. The highest BCUT2D eigenvalue weighted by molar-refractivity contribution is 7.90. The number of nitrogens with one attached hydrogen (secondary N) is 2. The van der Waals surface area contributed by atoms with E-state index in [0.717, 1.165) is 38.0 Å². The maximum atomic E-state index is 12.5. The fourth-order valence-corrected chi connectivity index (χ4v) is 3.49. The van der Waals surface area contributed by atoms with Gasteiger partial charge in [0.2, 0.25) is 5.76 Å². The molecule has 1 fully saturated rings. The Kier molecular flexibility index (Phi) is 5.90. The van der Waals surface area contributed by atoms with Gasteiger partial charge in [0.15, 0.2) is 15.6 Å². The second-order valence-electron chi connectivity index (χ2n) is 6.76. The van der Waals surface area contributed by atoms with Crippen molar-refractivity contribution in [1.29, 1.82) is 5.26 Å². The number of carbonyl (C=O) groups excluding carboxylic acids is 1. The van der Waals surface area contributed by atoms with Gasteiger partial charge in [-0.1, -0.05) is 0 Å². The van der Waals surface area contributed by atoms with Crippen LogP contribution in [-0.2, 0) is 9.84 Å². The second-order valence-corrected chi connectivity index (χ2v) is 8.90. The van der Waals surface area contributed by atoms with Crippen molar-refractivity contribution in [1.82, 2.24) is 0 Å². The SMILES string of the molecule is CS(=O)(=O)CNc1ccc(NC(=O)c2ccc(C#N)o2)c(N2CCCCC2)c1. The van der Waals surface area contributed by atoms with Crippen LogP contribution in [0.25, 0.3) is 0 Å². The molecule has 148 valence electrons. The summed E-state index contributed by atoms with van der Waals surface area (Å²) in [6.07, 6.45) is 4.43. The summed E-state index contributed by atoms with van der Waals surface area (Å²) in [6.45, 7) is 1.72. The number of rotatable bonds is 6. The number of anilines is 3. The van der Waals surface area contributed by atoms with Crippen LogP contribution in [0.3, 0.4) is 0 Å². The van der Waals surface area contributed by atoms with Crippen LogP contribution in [-0.4, -0.2) is 39.5 Å². The zero-order valence-corrected chi connectivity index (χ0v) is 16.4. The zero-order chi connectivity index (χ0) is 20.1. The van der Waals surface area contributed by atoms with Crippen molar-refractivity contribution >= 4 is 32.8 Å². The van der Waals surface area contributed by atoms with Gasteiger partial charge >= 0.3 is 0 Å². The molecule has 0 radical (unpaired) electrons. The number of sulfone groups is 1. The van der Waals surface area contributed by atoms with E-state index in [4.69, 9.17) is 9.68 Å². The van der Waals surface area contributed by atoms with E-state index >= 15 is 0 Å². The third-order valence-electron chi connectivity index (χ3n) is 4.42. The van der Waals surface area contributed by atoms with Crippen molar-refractivity contribution in [2.45, 2.75) is 19.3 Å². The van der Waals surface area contributed by atoms with E-state index in [-0.39, 0.29) is 17.4 Å². The zero-order valence-electron chi connectivity index (χ0n) is 15.6. The van der Waals surface area contributed by atoms with Crippen LogP contribution in [0.1, 0.15) is 35.6 Å². The van der Waals surface area contributed by atoms with Gasteiger partial charge in [0.05, 0.1) is 11.4 Å². The fraction of sp³-hybridized carbons (Fsp3) is 0.368. The molecule has 3 rings (SSSR count). The van der Waals surface area contributed by atoms with Gasteiger partial charge < -0.3 is 20.0 Å². The van der Waals surface area contributed by atoms with Gasteiger partial charge in [0.1, 0.15) is 11.9 Å². The van der Waals surface area contributed by atoms with Crippen LogP contribution in [0.5, 0.6) is 0 Å². The number of piperidine rings is 1. The van der Waals surface area contributed by atoms with Crippen molar-refractivity contribution < 1.29 is 17.6 Å². The summed E-state index contributed by atoms with van der Waals surface area (Å²) in [5.74, 6) is -0.486. The number of nitriles is 1. The summed E-state index contributed by atoms with van der Waals surface area (Å²) in [7, 11) is -3.16. The van der Waals surface area contributed by atoms with Crippen molar-refractivity contribution in [2.24, 2.45) is 0 Å². The van der Waals surface area contributed by atoms with Crippen LogP contribution in [0, 0.1) is 11.3 Å². The van der Waals surface area contributed by atoms with Crippen LogP contribution in [0.15, 0.2) is 34.7 Å². The van der Waals surface area contributed by atoms with Gasteiger partial charge in [-0.15, -0.1) is 0 Å². The minimum Gasteiger partial charge on any atom is -0.440 e. The molecule has 2 heterocycles. The van der Waals surface area contributed by atoms with Crippen LogP contribution >= 0.6 is 0 Å². The molecule has 1 aliphatic rings. The van der Waals surface area contributed by atoms with Crippen molar-refractivity contribution in [2.75, 3.05) is 40.8 Å². The second kappa shape index (κ2) is 8.35. The van der Waals surface area contributed by atoms with Crippen LogP contribution < -0.4 is 15.5 Å². The van der Waals surface area contributed by atoms with Gasteiger partial charge in [0.25, 0.3) is 5.91 Å². The molecular formula is C19H22N4O4S. The molecule has 1 aromatic carbocycles. The van der Waals surface area contributed by atoms with E-state index in [1.165, 1.54) is 18.4 Å². The molecular weight excluding hydrogens is 380 g/mol. The Hall–Kier alpha value is -2.99. The highest BCUT2D eigenvalue weighted by atomic mass is 32.2. The van der Waals surface area contributed by atoms with Crippen LogP contribution in [0.4, 0.5) is 17.1 Å². The summed E-state index contributed by atoms with van der Waals surface area (Å²) in [4.78, 5) is 14.7. The Labute approximate surface area is 164 Å². The lowest BCUT2D eigenvalue weighted by atomic mass is 10.1.